The predicted octanol–water partition coefficient (Wildman–Crippen LogP) is 1.51. The van der Waals surface area contributed by atoms with Gasteiger partial charge in [-0.05, 0) is 0 Å². The fourth-order valence-electron chi connectivity index (χ4n) is 0.292. The van der Waals surface area contributed by atoms with E-state index in [-0.39, 0.29) is 0 Å². The summed E-state index contributed by atoms with van der Waals surface area (Å²) in [6.07, 6.45) is 0. The summed E-state index contributed by atoms with van der Waals surface area (Å²) in [4.78, 5) is 0. The van der Waals surface area contributed by atoms with Crippen molar-refractivity contribution in [1.29, 1.82) is 0 Å². The lowest BCUT2D eigenvalue weighted by Gasteiger charge is -1.86. The molecule has 0 nitrogen and oxygen atoms in total. The highest BCUT2D eigenvalue weighted by Crippen LogP contribution is 2.60. The molecular formula is C4F4. The SMILES string of the molecule is [C]=C1C(F)(F)C1(F)F. The van der Waals surface area contributed by atoms with Gasteiger partial charge in [-0.3, -0.25) is 0 Å². The van der Waals surface area contributed by atoms with E-state index in [2.05, 4.69) is 0 Å². The zero-order valence-corrected chi connectivity index (χ0v) is 3.51. The van der Waals surface area contributed by atoms with E-state index < -0.39 is 17.4 Å². The summed E-state index contributed by atoms with van der Waals surface area (Å²) < 4.78 is 45.3. The van der Waals surface area contributed by atoms with Gasteiger partial charge in [-0.1, -0.05) is 0 Å². The van der Waals surface area contributed by atoms with Crippen molar-refractivity contribution in [2.75, 3.05) is 0 Å². The van der Waals surface area contributed by atoms with Crippen molar-refractivity contribution in [3.8, 4) is 0 Å². The molecule has 1 saturated carbocycles. The second kappa shape index (κ2) is 0.921. The molecule has 0 heterocycles. The van der Waals surface area contributed by atoms with Crippen LogP contribution in [-0.4, -0.2) is 11.8 Å². The molecule has 0 amide bonds. The minimum atomic E-state index is -4.15. The molecule has 0 N–H and O–H groups in total. The maximum absolute atomic E-state index is 11.3. The van der Waals surface area contributed by atoms with E-state index in [0.717, 1.165) is 0 Å². The van der Waals surface area contributed by atoms with Gasteiger partial charge >= 0.3 is 11.8 Å². The summed E-state index contributed by atoms with van der Waals surface area (Å²) in [5, 5.41) is 0. The zero-order chi connectivity index (χ0) is 6.58. The molecular weight excluding hydrogens is 124 g/mol. The molecule has 1 fully saturated rings. The first-order chi connectivity index (χ1) is 3.40. The molecule has 0 aromatic heterocycles. The fourth-order valence-corrected chi connectivity index (χ4v) is 0.292. The second-order valence-electron chi connectivity index (χ2n) is 1.52. The standard InChI is InChI=1S/C4F4/c1-2-3(5,6)4(2,7)8. The minimum absolute atomic E-state index is 1.77. The monoisotopic (exact) mass is 124 g/mol. The Hall–Kier alpha value is -0.540. The highest BCUT2D eigenvalue weighted by molar-refractivity contribution is 5.40. The Morgan fingerprint density at radius 2 is 1.12 bits per heavy atom. The third kappa shape index (κ3) is 0.319. The van der Waals surface area contributed by atoms with Crippen LogP contribution in [0, 0.1) is 6.58 Å². The third-order valence-corrected chi connectivity index (χ3v) is 0.960. The molecule has 0 aliphatic heterocycles. The number of alkyl halides is 4. The van der Waals surface area contributed by atoms with Gasteiger partial charge in [0.25, 0.3) is 0 Å². The summed E-state index contributed by atoms with van der Waals surface area (Å²) >= 11 is 0. The Bertz CT molecular complexity index is 130. The Morgan fingerprint density at radius 1 is 1.00 bits per heavy atom. The molecule has 1 aliphatic rings. The van der Waals surface area contributed by atoms with Crippen molar-refractivity contribution in [2.45, 2.75) is 11.8 Å². The molecule has 8 heavy (non-hydrogen) atoms. The molecule has 4 heteroatoms. The second-order valence-corrected chi connectivity index (χ2v) is 1.52. The van der Waals surface area contributed by atoms with E-state index in [4.69, 9.17) is 6.58 Å². The van der Waals surface area contributed by atoms with Gasteiger partial charge < -0.3 is 0 Å². The van der Waals surface area contributed by atoms with Gasteiger partial charge in [0, 0.05) is 6.58 Å². The lowest BCUT2D eigenvalue weighted by Crippen LogP contribution is -2.02. The molecule has 0 bridgehead atoms. The summed E-state index contributed by atoms with van der Waals surface area (Å²) in [6.45, 7) is 5.92. The predicted molar refractivity (Wildman–Crippen MR) is 16.7 cm³/mol. The average molecular weight is 124 g/mol. The van der Waals surface area contributed by atoms with Gasteiger partial charge in [0.1, 0.15) is 0 Å². The van der Waals surface area contributed by atoms with Crippen LogP contribution in [0.5, 0.6) is 0 Å². The van der Waals surface area contributed by atoms with Crippen LogP contribution in [0.25, 0.3) is 0 Å². The topological polar surface area (TPSA) is 0 Å². The van der Waals surface area contributed by atoms with E-state index in [1.807, 2.05) is 0 Å². The van der Waals surface area contributed by atoms with Crippen molar-refractivity contribution in [3.05, 3.63) is 12.2 Å². The first-order valence-electron chi connectivity index (χ1n) is 1.76. The van der Waals surface area contributed by atoms with Crippen LogP contribution < -0.4 is 0 Å². The number of hydrogen-bond donors (Lipinski definition) is 0. The van der Waals surface area contributed by atoms with Crippen molar-refractivity contribution in [1.82, 2.24) is 0 Å². The number of allylic oxidation sites excluding steroid dienone is 1. The maximum Gasteiger partial charge on any atom is 0.342 e. The molecule has 0 unspecified atom stereocenters. The van der Waals surface area contributed by atoms with E-state index >= 15 is 0 Å². The Labute approximate surface area is 42.8 Å². The van der Waals surface area contributed by atoms with Crippen LogP contribution in [0.2, 0.25) is 0 Å². The van der Waals surface area contributed by atoms with Gasteiger partial charge in [-0.25, -0.2) is 0 Å². The van der Waals surface area contributed by atoms with Gasteiger partial charge in [0.15, 0.2) is 0 Å². The molecule has 0 aromatic carbocycles. The quantitative estimate of drug-likeness (QED) is 0.429. The van der Waals surface area contributed by atoms with Crippen LogP contribution >= 0.6 is 0 Å². The summed E-state index contributed by atoms with van der Waals surface area (Å²) in [5.41, 5.74) is -1.77. The molecule has 0 spiro atoms. The average Bonchev–Trinajstić information content (AvgIpc) is 1.88. The van der Waals surface area contributed by atoms with Gasteiger partial charge in [0.2, 0.25) is 0 Å². The lowest BCUT2D eigenvalue weighted by atomic mass is 10.7. The van der Waals surface area contributed by atoms with Gasteiger partial charge in [-0.2, -0.15) is 17.6 Å². The highest BCUT2D eigenvalue weighted by atomic mass is 19.3. The first kappa shape index (κ1) is 5.59. The van der Waals surface area contributed by atoms with E-state index in [0.29, 0.717) is 0 Å². The highest BCUT2D eigenvalue weighted by Gasteiger charge is 2.80. The molecule has 44 valence electrons. The number of hydrogen-bond acceptors (Lipinski definition) is 0. The first-order valence-corrected chi connectivity index (χ1v) is 1.76. The lowest BCUT2D eigenvalue weighted by molar-refractivity contribution is -0.0278. The minimum Gasteiger partial charge on any atom is -0.194 e. The maximum atomic E-state index is 11.3. The van der Waals surface area contributed by atoms with E-state index in [1.165, 1.54) is 0 Å². The number of rotatable bonds is 0. The Kier molecular flexibility index (Phi) is 0.644. The molecule has 0 atom stereocenters. The number of halogens is 4. The van der Waals surface area contributed by atoms with Crippen LogP contribution in [-0.2, 0) is 0 Å². The van der Waals surface area contributed by atoms with E-state index in [1.54, 1.807) is 0 Å². The molecule has 1 rings (SSSR count). The zero-order valence-electron chi connectivity index (χ0n) is 3.51. The van der Waals surface area contributed by atoms with Gasteiger partial charge in [0.05, 0.1) is 5.57 Å². The van der Waals surface area contributed by atoms with Crippen molar-refractivity contribution < 1.29 is 17.6 Å². The van der Waals surface area contributed by atoms with Crippen LogP contribution in [0.15, 0.2) is 5.57 Å². The van der Waals surface area contributed by atoms with Crippen molar-refractivity contribution >= 4 is 0 Å². The van der Waals surface area contributed by atoms with Crippen molar-refractivity contribution in [2.24, 2.45) is 0 Å². The largest absolute Gasteiger partial charge is 0.342 e. The van der Waals surface area contributed by atoms with Crippen LogP contribution in [0.1, 0.15) is 0 Å². The molecule has 0 saturated heterocycles. The normalized spacial score (nSPS) is 30.2. The summed E-state index contributed by atoms with van der Waals surface area (Å²) in [5.74, 6) is -8.29. The van der Waals surface area contributed by atoms with Gasteiger partial charge in [-0.15, -0.1) is 0 Å². The molecule has 1 aliphatic carbocycles. The smallest absolute Gasteiger partial charge is 0.194 e. The van der Waals surface area contributed by atoms with Crippen LogP contribution in [0.3, 0.4) is 0 Å². The van der Waals surface area contributed by atoms with Crippen molar-refractivity contribution in [3.63, 3.8) is 0 Å². The Morgan fingerprint density at radius 3 is 1.12 bits per heavy atom. The van der Waals surface area contributed by atoms with Crippen LogP contribution in [0.4, 0.5) is 17.6 Å². The molecule has 0 aromatic rings. The summed E-state index contributed by atoms with van der Waals surface area (Å²) in [7, 11) is 0. The fraction of sp³-hybridized carbons (Fsp3) is 0.500. The third-order valence-electron chi connectivity index (χ3n) is 0.960. The molecule has 2 radical (unpaired) electrons. The van der Waals surface area contributed by atoms with E-state index in [9.17, 15) is 17.6 Å². The summed E-state index contributed by atoms with van der Waals surface area (Å²) in [6, 6.07) is 0. The Balaban J connectivity index is 2.88.